The standard InChI is InChI=1S/C68H63N4O.Pt/c1-65(2,3)50-27-20-28-54(38-50)70-45-71(61-34-30-51(41-63(61)70)67(7,8)48-23-16-12-17-24-48)55-39-53(66(4,5)6)40-57(43-55)73-56-31-32-58-59-37-47(46-21-14-11-15-22-46)29-33-60(59)72(62(58)44-56)64-42-52(35-36-69-64)68(9,10)49-25-18-13-19-26-49;/h11-42,45H,1-10H3;/q-3;. The number of pyridine rings is 1. The Morgan fingerprint density at radius 3 is 1.74 bits per heavy atom. The minimum absolute atomic E-state index is 0. The summed E-state index contributed by atoms with van der Waals surface area (Å²) < 4.78 is 9.25. The molecule has 0 radical (unpaired) electrons. The molecule has 3 heterocycles. The van der Waals surface area contributed by atoms with Crippen molar-refractivity contribution < 1.29 is 25.8 Å². The Kier molecular flexibility index (Phi) is 13.1. The molecule has 0 amide bonds. The number of hydrogen-bond acceptors (Lipinski definition) is 4. The van der Waals surface area contributed by atoms with Gasteiger partial charge in [-0.25, -0.2) is 4.98 Å². The summed E-state index contributed by atoms with van der Waals surface area (Å²) in [5.74, 6) is 2.02. The van der Waals surface area contributed by atoms with Gasteiger partial charge in [-0.15, -0.1) is 53.6 Å². The number of ether oxygens (including phenoxy) is 1. The summed E-state index contributed by atoms with van der Waals surface area (Å²) in [7, 11) is 0. The molecule has 374 valence electrons. The Balaban J connectivity index is 0.00000626. The molecular formula is C68H63N4OPt-3. The fraction of sp³-hybridized carbons (Fsp3) is 0.206. The topological polar surface area (TPSA) is 33.5 Å². The molecule has 1 aliphatic heterocycles. The number of benzene rings is 8. The largest absolute Gasteiger partial charge is 0.509 e. The van der Waals surface area contributed by atoms with Crippen molar-refractivity contribution in [2.75, 3.05) is 9.80 Å². The first-order valence-corrected chi connectivity index (χ1v) is 25.5. The smallest absolute Gasteiger partial charge is 0.135 e. The second kappa shape index (κ2) is 19.3. The van der Waals surface area contributed by atoms with Crippen molar-refractivity contribution in [3.8, 4) is 28.4 Å². The summed E-state index contributed by atoms with van der Waals surface area (Å²) in [5, 5.41) is 2.19. The van der Waals surface area contributed by atoms with Gasteiger partial charge in [0.15, 0.2) is 0 Å². The predicted octanol–water partition coefficient (Wildman–Crippen LogP) is 17.9. The molecule has 1 aliphatic rings. The molecule has 0 aliphatic carbocycles. The molecule has 6 heteroatoms. The molecule has 11 rings (SSSR count). The second-order valence-electron chi connectivity index (χ2n) is 22.7. The van der Waals surface area contributed by atoms with Crippen LogP contribution in [0.1, 0.15) is 103 Å². The zero-order chi connectivity index (χ0) is 50.9. The molecule has 0 saturated heterocycles. The van der Waals surface area contributed by atoms with Crippen LogP contribution in [0.4, 0.5) is 22.7 Å². The van der Waals surface area contributed by atoms with Crippen LogP contribution in [-0.2, 0) is 42.7 Å². The first-order chi connectivity index (χ1) is 34.9. The number of nitrogens with zero attached hydrogens (tertiary/aromatic N) is 4. The monoisotopic (exact) mass is 1150 g/mol. The van der Waals surface area contributed by atoms with Gasteiger partial charge in [-0.3, -0.25) is 0 Å². The maximum Gasteiger partial charge on any atom is 0.135 e. The summed E-state index contributed by atoms with van der Waals surface area (Å²) in [6, 6.07) is 75.1. The number of hydrogen-bond donors (Lipinski definition) is 0. The third-order valence-corrected chi connectivity index (χ3v) is 15.1. The number of aromatic nitrogens is 2. The van der Waals surface area contributed by atoms with Crippen LogP contribution in [0.2, 0.25) is 0 Å². The minimum Gasteiger partial charge on any atom is -0.509 e. The third-order valence-electron chi connectivity index (χ3n) is 15.1. The normalized spacial score (nSPS) is 13.1. The van der Waals surface area contributed by atoms with Crippen LogP contribution in [0.15, 0.2) is 194 Å². The van der Waals surface area contributed by atoms with Crippen LogP contribution in [0.25, 0.3) is 38.8 Å². The zero-order valence-corrected chi connectivity index (χ0v) is 46.3. The second-order valence-corrected chi connectivity index (χ2v) is 22.7. The summed E-state index contributed by atoms with van der Waals surface area (Å²) in [6.07, 6.45) is 1.93. The van der Waals surface area contributed by atoms with Gasteiger partial charge in [0.25, 0.3) is 0 Å². The summed E-state index contributed by atoms with van der Waals surface area (Å²) in [4.78, 5) is 9.66. The van der Waals surface area contributed by atoms with Gasteiger partial charge in [0.1, 0.15) is 5.82 Å². The first-order valence-electron chi connectivity index (χ1n) is 25.5. The van der Waals surface area contributed by atoms with E-state index >= 15 is 0 Å². The molecule has 10 aromatic rings. The van der Waals surface area contributed by atoms with Crippen LogP contribution in [0.5, 0.6) is 11.5 Å². The molecule has 0 spiro atoms. The minimum atomic E-state index is -0.260. The number of fused-ring (bicyclic) bond motifs is 4. The molecule has 0 saturated carbocycles. The fourth-order valence-electron chi connectivity index (χ4n) is 10.3. The molecule has 0 unspecified atom stereocenters. The van der Waals surface area contributed by atoms with Gasteiger partial charge in [-0.05, 0) is 97.6 Å². The van der Waals surface area contributed by atoms with Gasteiger partial charge < -0.3 is 19.1 Å². The van der Waals surface area contributed by atoms with E-state index < -0.39 is 0 Å². The van der Waals surface area contributed by atoms with Crippen LogP contribution >= 0.6 is 0 Å². The van der Waals surface area contributed by atoms with E-state index in [0.717, 1.165) is 61.5 Å². The summed E-state index contributed by atoms with van der Waals surface area (Å²) in [5.41, 5.74) is 15.0. The van der Waals surface area contributed by atoms with E-state index in [0.29, 0.717) is 11.5 Å². The van der Waals surface area contributed by atoms with Crippen LogP contribution < -0.4 is 14.5 Å². The van der Waals surface area contributed by atoms with E-state index in [4.69, 9.17) is 9.72 Å². The summed E-state index contributed by atoms with van der Waals surface area (Å²) >= 11 is 0. The molecule has 0 N–H and O–H groups in total. The Labute approximate surface area is 452 Å². The van der Waals surface area contributed by atoms with Crippen LogP contribution in [0.3, 0.4) is 0 Å². The van der Waals surface area contributed by atoms with Crippen LogP contribution in [-0.4, -0.2) is 9.55 Å². The van der Waals surface area contributed by atoms with Crippen molar-refractivity contribution in [3.63, 3.8) is 0 Å². The molecule has 0 fully saturated rings. The molecule has 0 atom stereocenters. The zero-order valence-electron chi connectivity index (χ0n) is 44.1. The van der Waals surface area contributed by atoms with Crippen molar-refractivity contribution in [1.29, 1.82) is 0 Å². The van der Waals surface area contributed by atoms with E-state index in [1.54, 1.807) is 0 Å². The maximum absolute atomic E-state index is 7.00. The first kappa shape index (κ1) is 50.3. The van der Waals surface area contributed by atoms with Crippen LogP contribution in [0, 0.1) is 18.8 Å². The van der Waals surface area contributed by atoms with Gasteiger partial charge in [-0.2, -0.15) is 6.07 Å². The Bertz CT molecular complexity index is 3660. The average molecular weight is 1150 g/mol. The Hall–Kier alpha value is -7.20. The van der Waals surface area contributed by atoms with Gasteiger partial charge in [0.2, 0.25) is 0 Å². The number of rotatable bonds is 10. The molecule has 74 heavy (non-hydrogen) atoms. The average Bonchev–Trinajstić information content (AvgIpc) is 3.95. The quantitative estimate of drug-likeness (QED) is 0.128. The van der Waals surface area contributed by atoms with Gasteiger partial charge >= 0.3 is 0 Å². The van der Waals surface area contributed by atoms with E-state index in [2.05, 4.69) is 284 Å². The molecular weight excluding hydrogens is 1080 g/mol. The molecule has 8 aromatic carbocycles. The predicted molar refractivity (Wildman–Crippen MR) is 304 cm³/mol. The van der Waals surface area contributed by atoms with Crippen molar-refractivity contribution in [3.05, 3.63) is 246 Å². The van der Waals surface area contributed by atoms with Crippen molar-refractivity contribution in [2.45, 2.75) is 90.9 Å². The molecule has 0 bridgehead atoms. The van der Waals surface area contributed by atoms with Crippen molar-refractivity contribution >= 4 is 44.6 Å². The third kappa shape index (κ3) is 9.37. The number of anilines is 4. The van der Waals surface area contributed by atoms with E-state index in [1.807, 2.05) is 12.3 Å². The van der Waals surface area contributed by atoms with E-state index in [1.165, 1.54) is 33.4 Å². The van der Waals surface area contributed by atoms with E-state index in [-0.39, 0.29) is 42.7 Å². The Morgan fingerprint density at radius 2 is 1.08 bits per heavy atom. The SMILES string of the molecule is CC(C)(C)c1cc(Oc2[c-]c3c(cc2)c2cc(-c4ccccc4)ccc2n3-c2cc(C(C)(C)c3ccccc3)ccn2)[c-]c(N2[CH-]N(c3cccc(C(C)(C)C)c3)c3cc(C(C)(C)c4ccccc4)ccc32)c1.[Pt]. The molecule has 5 nitrogen and oxygen atoms in total. The van der Waals surface area contributed by atoms with E-state index in [9.17, 15) is 0 Å². The van der Waals surface area contributed by atoms with Gasteiger partial charge in [-0.1, -0.05) is 196 Å². The van der Waals surface area contributed by atoms with Gasteiger partial charge in [0.05, 0.1) is 0 Å². The van der Waals surface area contributed by atoms with Crippen molar-refractivity contribution in [1.82, 2.24) is 9.55 Å². The fourth-order valence-corrected chi connectivity index (χ4v) is 10.3. The molecule has 2 aromatic heterocycles. The van der Waals surface area contributed by atoms with Crippen molar-refractivity contribution in [2.24, 2.45) is 0 Å². The van der Waals surface area contributed by atoms with Gasteiger partial charge in [0, 0.05) is 72.2 Å². The Morgan fingerprint density at radius 1 is 0.446 bits per heavy atom. The summed E-state index contributed by atoms with van der Waals surface area (Å²) in [6.45, 7) is 25.0. The maximum atomic E-state index is 7.00.